The summed E-state index contributed by atoms with van der Waals surface area (Å²) in [6.07, 6.45) is 0.648. The molecule has 1 aromatic carbocycles. The van der Waals surface area contributed by atoms with Gasteiger partial charge >= 0.3 is 0 Å². The first-order valence-electron chi connectivity index (χ1n) is 8.68. The van der Waals surface area contributed by atoms with E-state index in [-0.39, 0.29) is 23.4 Å². The van der Waals surface area contributed by atoms with Crippen LogP contribution in [-0.4, -0.2) is 10.6 Å². The predicted octanol–water partition coefficient (Wildman–Crippen LogP) is 5.73. The van der Waals surface area contributed by atoms with E-state index in [0.29, 0.717) is 0 Å². The molecule has 2 rings (SSSR count). The SMILES string of the molecule is CC(O)c1ccc(-c2ccc(CNC(C)(C)CC(C)(C)C)o2)cc1.Cl. The molecule has 1 atom stereocenters. The summed E-state index contributed by atoms with van der Waals surface area (Å²) in [5.41, 5.74) is 2.29. The van der Waals surface area contributed by atoms with Crippen LogP contribution in [0.15, 0.2) is 40.8 Å². The first-order valence-corrected chi connectivity index (χ1v) is 8.68. The monoisotopic (exact) mass is 365 g/mol. The lowest BCUT2D eigenvalue weighted by Crippen LogP contribution is -2.41. The number of rotatable bonds is 6. The fraction of sp³-hybridized carbons (Fsp3) is 0.524. The van der Waals surface area contributed by atoms with Crippen LogP contribution in [0.2, 0.25) is 0 Å². The minimum atomic E-state index is -0.444. The van der Waals surface area contributed by atoms with Crippen molar-refractivity contribution >= 4 is 12.4 Å². The first kappa shape index (κ1) is 21.8. The normalized spacial score (nSPS) is 13.4. The van der Waals surface area contributed by atoms with Crippen LogP contribution in [0.1, 0.15) is 65.4 Å². The van der Waals surface area contributed by atoms with Gasteiger partial charge in [-0.3, -0.25) is 0 Å². The van der Waals surface area contributed by atoms with Gasteiger partial charge in [-0.25, -0.2) is 0 Å². The number of aliphatic hydroxyl groups excluding tert-OH is 1. The Hall–Kier alpha value is -1.29. The minimum Gasteiger partial charge on any atom is -0.460 e. The molecule has 0 aliphatic rings. The second kappa shape index (κ2) is 8.39. The highest BCUT2D eigenvalue weighted by Crippen LogP contribution is 2.28. The van der Waals surface area contributed by atoms with Gasteiger partial charge in [-0.05, 0) is 50.3 Å². The van der Waals surface area contributed by atoms with Crippen molar-refractivity contribution in [1.82, 2.24) is 5.32 Å². The molecule has 0 saturated heterocycles. The zero-order valence-electron chi connectivity index (χ0n) is 16.2. The molecule has 4 heteroatoms. The molecular formula is C21H32ClNO2. The third kappa shape index (κ3) is 6.85. The molecule has 0 radical (unpaired) electrons. The van der Waals surface area contributed by atoms with Gasteiger partial charge in [0, 0.05) is 11.1 Å². The standard InChI is InChI=1S/C21H31NO2.ClH/c1-15(23)16-7-9-17(10-8-16)19-12-11-18(24-19)13-22-21(5,6)14-20(2,3)4;/h7-12,15,22-23H,13-14H2,1-6H3;1H. The van der Waals surface area contributed by atoms with Gasteiger partial charge in [-0.15, -0.1) is 12.4 Å². The molecule has 0 fully saturated rings. The molecule has 1 unspecified atom stereocenters. The first-order chi connectivity index (χ1) is 11.1. The molecule has 2 aromatic rings. The molecule has 0 aliphatic heterocycles. The number of benzene rings is 1. The van der Waals surface area contributed by atoms with E-state index in [0.717, 1.165) is 35.6 Å². The molecule has 0 saturated carbocycles. The summed E-state index contributed by atoms with van der Waals surface area (Å²) in [5.74, 6) is 1.80. The number of halogens is 1. The Morgan fingerprint density at radius 2 is 1.60 bits per heavy atom. The molecule has 0 bridgehead atoms. The van der Waals surface area contributed by atoms with Gasteiger partial charge in [-0.1, -0.05) is 45.0 Å². The van der Waals surface area contributed by atoms with Crippen LogP contribution in [0.25, 0.3) is 11.3 Å². The molecule has 140 valence electrons. The maximum Gasteiger partial charge on any atom is 0.134 e. The Morgan fingerprint density at radius 3 is 2.12 bits per heavy atom. The lowest BCUT2D eigenvalue weighted by atomic mass is 9.82. The van der Waals surface area contributed by atoms with Crippen LogP contribution in [0, 0.1) is 5.41 Å². The highest BCUT2D eigenvalue weighted by molar-refractivity contribution is 5.85. The van der Waals surface area contributed by atoms with Crippen LogP contribution in [0.3, 0.4) is 0 Å². The van der Waals surface area contributed by atoms with E-state index in [9.17, 15) is 5.11 Å². The van der Waals surface area contributed by atoms with Crippen molar-refractivity contribution in [3.8, 4) is 11.3 Å². The van der Waals surface area contributed by atoms with Gasteiger partial charge in [0.2, 0.25) is 0 Å². The summed E-state index contributed by atoms with van der Waals surface area (Å²) in [6.45, 7) is 13.7. The third-order valence-electron chi connectivity index (χ3n) is 4.05. The Bertz CT molecular complexity index is 651. The zero-order valence-corrected chi connectivity index (χ0v) is 17.0. The van der Waals surface area contributed by atoms with E-state index in [2.05, 4.69) is 39.9 Å². The molecule has 25 heavy (non-hydrogen) atoms. The van der Waals surface area contributed by atoms with Crippen LogP contribution >= 0.6 is 12.4 Å². The molecule has 2 N–H and O–H groups in total. The van der Waals surface area contributed by atoms with Crippen molar-refractivity contribution in [2.24, 2.45) is 5.41 Å². The van der Waals surface area contributed by atoms with Crippen molar-refractivity contribution in [3.63, 3.8) is 0 Å². The van der Waals surface area contributed by atoms with Crippen molar-refractivity contribution < 1.29 is 9.52 Å². The maximum absolute atomic E-state index is 9.58. The van der Waals surface area contributed by atoms with Gasteiger partial charge < -0.3 is 14.8 Å². The Morgan fingerprint density at radius 1 is 1.00 bits per heavy atom. The van der Waals surface area contributed by atoms with E-state index in [1.54, 1.807) is 6.92 Å². The molecular weight excluding hydrogens is 334 g/mol. The smallest absolute Gasteiger partial charge is 0.134 e. The summed E-state index contributed by atoms with van der Waals surface area (Å²) in [7, 11) is 0. The second-order valence-corrected chi connectivity index (χ2v) is 8.54. The van der Waals surface area contributed by atoms with Crippen molar-refractivity contribution in [1.29, 1.82) is 0 Å². The Kier molecular flexibility index (Phi) is 7.30. The highest BCUT2D eigenvalue weighted by atomic mass is 35.5. The molecule has 0 aliphatic carbocycles. The van der Waals surface area contributed by atoms with Gasteiger partial charge in [-0.2, -0.15) is 0 Å². The van der Waals surface area contributed by atoms with Crippen molar-refractivity contribution in [2.45, 2.75) is 66.2 Å². The van der Waals surface area contributed by atoms with Crippen molar-refractivity contribution in [3.05, 3.63) is 47.7 Å². The largest absolute Gasteiger partial charge is 0.460 e. The number of furan rings is 1. The summed E-state index contributed by atoms with van der Waals surface area (Å²) < 4.78 is 5.97. The van der Waals surface area contributed by atoms with Gasteiger partial charge in [0.1, 0.15) is 11.5 Å². The van der Waals surface area contributed by atoms with E-state index in [4.69, 9.17) is 4.42 Å². The zero-order chi connectivity index (χ0) is 18.0. The fourth-order valence-corrected chi connectivity index (χ4v) is 3.27. The summed E-state index contributed by atoms with van der Waals surface area (Å²) in [5, 5.41) is 13.2. The summed E-state index contributed by atoms with van der Waals surface area (Å²) >= 11 is 0. The van der Waals surface area contributed by atoms with Crippen LogP contribution in [-0.2, 0) is 6.54 Å². The average molecular weight is 366 g/mol. The number of nitrogens with one attached hydrogen (secondary N) is 1. The van der Waals surface area contributed by atoms with Crippen LogP contribution in [0.4, 0.5) is 0 Å². The van der Waals surface area contributed by atoms with E-state index < -0.39 is 6.10 Å². The second-order valence-electron chi connectivity index (χ2n) is 8.54. The molecule has 1 heterocycles. The quantitative estimate of drug-likeness (QED) is 0.687. The molecule has 3 nitrogen and oxygen atoms in total. The molecule has 0 amide bonds. The van der Waals surface area contributed by atoms with Crippen LogP contribution in [0.5, 0.6) is 0 Å². The average Bonchev–Trinajstić information content (AvgIpc) is 2.92. The van der Waals surface area contributed by atoms with Gasteiger partial charge in [0.05, 0.1) is 12.6 Å². The lowest BCUT2D eigenvalue weighted by molar-refractivity contribution is 0.199. The van der Waals surface area contributed by atoms with E-state index in [1.165, 1.54) is 0 Å². The third-order valence-corrected chi connectivity index (χ3v) is 4.05. The highest BCUT2D eigenvalue weighted by Gasteiger charge is 2.25. The predicted molar refractivity (Wildman–Crippen MR) is 107 cm³/mol. The number of hydrogen-bond donors (Lipinski definition) is 2. The van der Waals surface area contributed by atoms with E-state index >= 15 is 0 Å². The minimum absolute atomic E-state index is 0. The maximum atomic E-state index is 9.58. The van der Waals surface area contributed by atoms with Crippen molar-refractivity contribution in [2.75, 3.05) is 0 Å². The topological polar surface area (TPSA) is 45.4 Å². The van der Waals surface area contributed by atoms with Gasteiger partial charge in [0.25, 0.3) is 0 Å². The Labute approximate surface area is 158 Å². The number of hydrogen-bond acceptors (Lipinski definition) is 3. The van der Waals surface area contributed by atoms with E-state index in [1.807, 2.05) is 36.4 Å². The van der Waals surface area contributed by atoms with Crippen LogP contribution < -0.4 is 5.32 Å². The lowest BCUT2D eigenvalue weighted by Gasteiger charge is -2.33. The fourth-order valence-electron chi connectivity index (χ4n) is 3.27. The number of aliphatic hydroxyl groups is 1. The Balaban J connectivity index is 0.00000312. The van der Waals surface area contributed by atoms with Gasteiger partial charge in [0.15, 0.2) is 0 Å². The molecule has 1 aromatic heterocycles. The summed E-state index contributed by atoms with van der Waals surface area (Å²) in [4.78, 5) is 0. The summed E-state index contributed by atoms with van der Waals surface area (Å²) in [6, 6.07) is 11.9. The molecule has 0 spiro atoms.